The van der Waals surface area contributed by atoms with Gasteiger partial charge in [0.1, 0.15) is 30.6 Å². The van der Waals surface area contributed by atoms with Crippen LogP contribution in [0.25, 0.3) is 6.08 Å². The molecule has 10 heteroatoms. The van der Waals surface area contributed by atoms with Crippen molar-refractivity contribution in [1.82, 2.24) is 0 Å². The van der Waals surface area contributed by atoms with Crippen LogP contribution in [-0.2, 0) is 18.0 Å². The normalized spacial score (nSPS) is 10.9. The van der Waals surface area contributed by atoms with Crippen LogP contribution in [0.2, 0.25) is 0 Å². The van der Waals surface area contributed by atoms with Gasteiger partial charge in [0.15, 0.2) is 11.5 Å². The van der Waals surface area contributed by atoms with Crippen LogP contribution in [0, 0.1) is 28.4 Å². The molecule has 0 unspecified atom stereocenters. The molecule has 0 heterocycles. The molecule has 0 bridgehead atoms. The highest BCUT2D eigenvalue weighted by Crippen LogP contribution is 2.38. The number of aryl methyl sites for hydroxylation is 1. The highest BCUT2D eigenvalue weighted by Gasteiger charge is 2.15. The lowest BCUT2D eigenvalue weighted by Crippen LogP contribution is -2.13. The van der Waals surface area contributed by atoms with E-state index in [-0.39, 0.29) is 17.9 Å². The molecule has 0 spiro atoms. The Morgan fingerprint density at radius 1 is 0.976 bits per heavy atom. The minimum atomic E-state index is -0.570. The molecule has 0 aliphatic carbocycles. The number of carbonyl (C=O) groups is 1. The van der Waals surface area contributed by atoms with Crippen LogP contribution in [0.15, 0.2) is 95.0 Å². The molecule has 0 saturated carbocycles. The number of benzene rings is 4. The molecule has 9 nitrogen and oxygen atoms in total. The number of carbonyl (C=O) groups excluding carboxylic acids is 1. The fourth-order valence-electron chi connectivity index (χ4n) is 3.83. The molecule has 0 radical (unpaired) electrons. The standard InChI is InChI=1S/C32H26BrN3O6/c1-21-3-5-22(6-4-21)19-41-28-13-9-26(10-14-28)35-32(37)25(18-34)15-24-16-29(33)31(30(17-24)40-2)42-20-23-7-11-27(12-8-23)36(38)39/h3-17H,19-20H2,1-2H3,(H,35,37)/b25-15+. The Kier molecular flexibility index (Phi) is 9.92. The molecule has 4 rings (SSSR count). The van der Waals surface area contributed by atoms with Crippen molar-refractivity contribution in [3.63, 3.8) is 0 Å². The van der Waals surface area contributed by atoms with E-state index in [1.807, 2.05) is 37.3 Å². The van der Waals surface area contributed by atoms with E-state index in [0.29, 0.717) is 39.6 Å². The fourth-order valence-corrected chi connectivity index (χ4v) is 4.41. The van der Waals surface area contributed by atoms with Crippen LogP contribution in [0.4, 0.5) is 11.4 Å². The molecule has 0 aliphatic rings. The largest absolute Gasteiger partial charge is 0.493 e. The molecule has 4 aromatic carbocycles. The first-order valence-corrected chi connectivity index (χ1v) is 13.5. The number of halogens is 1. The number of hydrogen-bond donors (Lipinski definition) is 1. The molecule has 0 saturated heterocycles. The van der Waals surface area contributed by atoms with E-state index >= 15 is 0 Å². The monoisotopic (exact) mass is 627 g/mol. The second-order valence-electron chi connectivity index (χ2n) is 9.17. The molecule has 0 atom stereocenters. The second-order valence-corrected chi connectivity index (χ2v) is 10.0. The molecule has 0 aromatic heterocycles. The quantitative estimate of drug-likeness (QED) is 0.0796. The summed E-state index contributed by atoms with van der Waals surface area (Å²) in [6.07, 6.45) is 1.45. The molecule has 0 fully saturated rings. The van der Waals surface area contributed by atoms with Gasteiger partial charge in [-0.25, -0.2) is 0 Å². The predicted molar refractivity (Wildman–Crippen MR) is 162 cm³/mol. The Morgan fingerprint density at radius 2 is 1.60 bits per heavy atom. The number of rotatable bonds is 11. The summed E-state index contributed by atoms with van der Waals surface area (Å²) in [4.78, 5) is 23.3. The van der Waals surface area contributed by atoms with Gasteiger partial charge >= 0.3 is 0 Å². The third-order valence-corrected chi connectivity index (χ3v) is 6.69. The van der Waals surface area contributed by atoms with Crippen molar-refractivity contribution in [2.24, 2.45) is 0 Å². The average molecular weight is 628 g/mol. The van der Waals surface area contributed by atoms with Gasteiger partial charge in [0.25, 0.3) is 11.6 Å². The molecular weight excluding hydrogens is 602 g/mol. The van der Waals surface area contributed by atoms with E-state index in [9.17, 15) is 20.2 Å². The number of amides is 1. The molecule has 0 aliphatic heterocycles. The Labute approximate surface area is 251 Å². The van der Waals surface area contributed by atoms with E-state index in [2.05, 4.69) is 21.2 Å². The lowest BCUT2D eigenvalue weighted by Gasteiger charge is -2.14. The maximum atomic E-state index is 12.9. The zero-order valence-corrected chi connectivity index (χ0v) is 24.4. The van der Waals surface area contributed by atoms with Gasteiger partial charge in [-0.1, -0.05) is 29.8 Å². The number of nitrogens with zero attached hydrogens (tertiary/aromatic N) is 2. The van der Waals surface area contributed by atoms with E-state index in [1.165, 1.54) is 30.9 Å². The summed E-state index contributed by atoms with van der Waals surface area (Å²) < 4.78 is 17.7. The van der Waals surface area contributed by atoms with Gasteiger partial charge in [-0.2, -0.15) is 5.26 Å². The van der Waals surface area contributed by atoms with Gasteiger partial charge in [0.05, 0.1) is 16.5 Å². The lowest BCUT2D eigenvalue weighted by atomic mass is 10.1. The van der Waals surface area contributed by atoms with Crippen LogP contribution in [0.1, 0.15) is 22.3 Å². The summed E-state index contributed by atoms with van der Waals surface area (Å²) in [6, 6.07) is 26.3. The van der Waals surface area contributed by atoms with Crippen molar-refractivity contribution >= 4 is 39.3 Å². The highest BCUT2D eigenvalue weighted by molar-refractivity contribution is 9.10. The molecule has 42 heavy (non-hydrogen) atoms. The van der Waals surface area contributed by atoms with Gasteiger partial charge in [0, 0.05) is 17.8 Å². The Bertz CT molecular complexity index is 1640. The third-order valence-electron chi connectivity index (χ3n) is 6.10. The molecule has 1 N–H and O–H groups in total. The van der Waals surface area contributed by atoms with Crippen molar-refractivity contribution in [1.29, 1.82) is 5.26 Å². The minimum absolute atomic E-state index is 0.00842. The van der Waals surface area contributed by atoms with Crippen LogP contribution < -0.4 is 19.5 Å². The Hall–Kier alpha value is -5.14. The number of nitro groups is 1. The number of nitriles is 1. The number of nitrogens with one attached hydrogen (secondary N) is 1. The van der Waals surface area contributed by atoms with Crippen LogP contribution in [-0.4, -0.2) is 17.9 Å². The summed E-state index contributed by atoms with van der Waals surface area (Å²) in [5, 5.41) is 23.3. The van der Waals surface area contributed by atoms with Gasteiger partial charge in [-0.3, -0.25) is 14.9 Å². The fraction of sp³-hybridized carbons (Fsp3) is 0.125. The zero-order valence-electron chi connectivity index (χ0n) is 22.8. The number of methoxy groups -OCH3 is 1. The van der Waals surface area contributed by atoms with Gasteiger partial charge in [-0.05, 0) is 94.2 Å². The van der Waals surface area contributed by atoms with Gasteiger partial charge < -0.3 is 19.5 Å². The van der Waals surface area contributed by atoms with E-state index < -0.39 is 10.8 Å². The number of nitro benzene ring substituents is 1. The molecule has 212 valence electrons. The van der Waals surface area contributed by atoms with Crippen LogP contribution in [0.5, 0.6) is 17.2 Å². The Morgan fingerprint density at radius 3 is 2.19 bits per heavy atom. The average Bonchev–Trinajstić information content (AvgIpc) is 2.99. The first-order valence-electron chi connectivity index (χ1n) is 12.7. The van der Waals surface area contributed by atoms with Crippen molar-refractivity contribution in [3.05, 3.63) is 127 Å². The van der Waals surface area contributed by atoms with E-state index in [1.54, 1.807) is 48.5 Å². The van der Waals surface area contributed by atoms with Gasteiger partial charge in [0.2, 0.25) is 0 Å². The van der Waals surface area contributed by atoms with Crippen molar-refractivity contribution in [2.75, 3.05) is 12.4 Å². The second kappa shape index (κ2) is 14.0. The van der Waals surface area contributed by atoms with Crippen molar-refractivity contribution in [3.8, 4) is 23.3 Å². The summed E-state index contributed by atoms with van der Waals surface area (Å²) in [6.45, 7) is 2.59. The molecule has 4 aromatic rings. The molecular formula is C32H26BrN3O6. The van der Waals surface area contributed by atoms with Crippen molar-refractivity contribution < 1.29 is 23.9 Å². The first kappa shape index (κ1) is 29.8. The number of hydrogen-bond acceptors (Lipinski definition) is 7. The zero-order chi connectivity index (χ0) is 30.1. The van der Waals surface area contributed by atoms with Crippen LogP contribution in [0.3, 0.4) is 0 Å². The predicted octanol–water partition coefficient (Wildman–Crippen LogP) is 7.38. The summed E-state index contributed by atoms with van der Waals surface area (Å²) in [5.41, 5.74) is 3.89. The smallest absolute Gasteiger partial charge is 0.269 e. The third kappa shape index (κ3) is 7.96. The number of ether oxygens (including phenoxy) is 3. The number of anilines is 1. The first-order chi connectivity index (χ1) is 20.2. The summed E-state index contributed by atoms with van der Waals surface area (Å²) >= 11 is 3.46. The summed E-state index contributed by atoms with van der Waals surface area (Å²) in [5.74, 6) is 0.856. The van der Waals surface area contributed by atoms with E-state index in [0.717, 1.165) is 11.1 Å². The SMILES string of the molecule is COc1cc(/C=C(\C#N)C(=O)Nc2ccc(OCc3ccc(C)cc3)cc2)cc(Br)c1OCc1ccc([N+](=O)[O-])cc1. The topological polar surface area (TPSA) is 124 Å². The van der Waals surface area contributed by atoms with Crippen molar-refractivity contribution in [2.45, 2.75) is 20.1 Å². The highest BCUT2D eigenvalue weighted by atomic mass is 79.9. The molecule has 1 amide bonds. The van der Waals surface area contributed by atoms with E-state index in [4.69, 9.17) is 14.2 Å². The van der Waals surface area contributed by atoms with Crippen LogP contribution >= 0.6 is 15.9 Å². The maximum Gasteiger partial charge on any atom is 0.269 e. The summed E-state index contributed by atoms with van der Waals surface area (Å²) in [7, 11) is 1.47. The van der Waals surface area contributed by atoms with Gasteiger partial charge in [-0.15, -0.1) is 0 Å². The maximum absolute atomic E-state index is 12.9. The lowest BCUT2D eigenvalue weighted by molar-refractivity contribution is -0.384. The Balaban J connectivity index is 1.40. The number of non-ortho nitro benzene ring substituents is 1. The minimum Gasteiger partial charge on any atom is -0.493 e.